The van der Waals surface area contributed by atoms with Crippen molar-refractivity contribution in [2.75, 3.05) is 0 Å². The highest BCUT2D eigenvalue weighted by molar-refractivity contribution is 5.70. The van der Waals surface area contributed by atoms with Crippen molar-refractivity contribution in [3.8, 4) is 22.6 Å². The fraction of sp³-hybridized carbons (Fsp3) is 0.0769. The maximum Gasteiger partial charge on any atom is 0.387 e. The number of phenols is 1. The molecule has 2 nitrogen and oxygen atoms in total. The number of hydrogen-bond acceptors (Lipinski definition) is 2. The molecule has 0 heterocycles. The summed E-state index contributed by atoms with van der Waals surface area (Å²) in [7, 11) is 0. The summed E-state index contributed by atoms with van der Waals surface area (Å²) in [6.45, 7) is -2.83. The smallest absolute Gasteiger partial charge is 0.387 e. The van der Waals surface area contributed by atoms with Crippen LogP contribution in [-0.4, -0.2) is 11.7 Å². The second kappa shape index (κ2) is 4.82. The summed E-state index contributed by atoms with van der Waals surface area (Å²) in [6, 6.07) is 13.6. The number of rotatable bonds is 3. The predicted molar refractivity (Wildman–Crippen MR) is 59.0 cm³/mol. The second-order valence-corrected chi connectivity index (χ2v) is 3.35. The molecule has 17 heavy (non-hydrogen) atoms. The highest BCUT2D eigenvalue weighted by atomic mass is 19.3. The lowest BCUT2D eigenvalue weighted by atomic mass is 10.0. The molecule has 2 aromatic rings. The van der Waals surface area contributed by atoms with Crippen molar-refractivity contribution >= 4 is 0 Å². The summed E-state index contributed by atoms with van der Waals surface area (Å²) >= 11 is 0. The molecule has 0 aromatic heterocycles. The minimum Gasteiger partial charge on any atom is -0.507 e. The van der Waals surface area contributed by atoms with E-state index in [1.165, 1.54) is 18.2 Å². The number of halogens is 2. The van der Waals surface area contributed by atoms with Gasteiger partial charge in [0.2, 0.25) is 0 Å². The van der Waals surface area contributed by atoms with Crippen LogP contribution in [0, 0.1) is 6.07 Å². The molecule has 1 radical (unpaired) electrons. The van der Waals surface area contributed by atoms with Crippen molar-refractivity contribution in [1.82, 2.24) is 0 Å². The van der Waals surface area contributed by atoms with E-state index < -0.39 is 6.61 Å². The van der Waals surface area contributed by atoms with E-state index in [0.717, 1.165) is 5.56 Å². The van der Waals surface area contributed by atoms with E-state index in [1.807, 2.05) is 0 Å². The lowest BCUT2D eigenvalue weighted by Gasteiger charge is -2.07. The average molecular weight is 235 g/mol. The summed E-state index contributed by atoms with van der Waals surface area (Å²) in [5.41, 5.74) is 1.34. The van der Waals surface area contributed by atoms with Crippen molar-refractivity contribution in [2.24, 2.45) is 0 Å². The van der Waals surface area contributed by atoms with Gasteiger partial charge < -0.3 is 9.84 Å². The van der Waals surface area contributed by atoms with Crippen LogP contribution in [0.2, 0.25) is 0 Å². The molecule has 4 heteroatoms. The molecule has 0 fully saturated rings. The van der Waals surface area contributed by atoms with Crippen molar-refractivity contribution in [2.45, 2.75) is 6.61 Å². The third kappa shape index (κ3) is 2.72. The SMILES string of the molecule is Oc1c[c]ccc1-c1ccc(OC(F)F)cc1. The predicted octanol–water partition coefficient (Wildman–Crippen LogP) is 3.46. The monoisotopic (exact) mass is 235 g/mol. The lowest BCUT2D eigenvalue weighted by molar-refractivity contribution is -0.0498. The van der Waals surface area contributed by atoms with Gasteiger partial charge in [-0.05, 0) is 29.8 Å². The van der Waals surface area contributed by atoms with Gasteiger partial charge >= 0.3 is 6.61 Å². The van der Waals surface area contributed by atoms with E-state index in [9.17, 15) is 13.9 Å². The number of hydrogen-bond donors (Lipinski definition) is 1. The largest absolute Gasteiger partial charge is 0.507 e. The van der Waals surface area contributed by atoms with E-state index in [4.69, 9.17) is 0 Å². The summed E-state index contributed by atoms with van der Waals surface area (Å²) in [5.74, 6) is 0.181. The van der Waals surface area contributed by atoms with Crippen molar-refractivity contribution in [3.05, 3.63) is 48.5 Å². The van der Waals surface area contributed by atoms with Crippen LogP contribution in [0.1, 0.15) is 0 Å². The van der Waals surface area contributed by atoms with Crippen molar-refractivity contribution < 1.29 is 18.6 Å². The van der Waals surface area contributed by atoms with E-state index in [-0.39, 0.29) is 11.5 Å². The first-order valence-electron chi connectivity index (χ1n) is 4.91. The quantitative estimate of drug-likeness (QED) is 0.882. The number of aromatic hydroxyl groups is 1. The molecule has 0 spiro atoms. The molecule has 0 saturated carbocycles. The van der Waals surface area contributed by atoms with E-state index >= 15 is 0 Å². The molecular formula is C13H9F2O2. The van der Waals surface area contributed by atoms with Gasteiger partial charge in [0, 0.05) is 5.56 Å². The molecule has 0 atom stereocenters. The third-order valence-electron chi connectivity index (χ3n) is 2.23. The fourth-order valence-corrected chi connectivity index (χ4v) is 1.48. The Morgan fingerprint density at radius 2 is 1.82 bits per heavy atom. The maximum absolute atomic E-state index is 11.9. The summed E-state index contributed by atoms with van der Waals surface area (Å²) in [6.07, 6.45) is 0. The molecule has 0 bridgehead atoms. The summed E-state index contributed by atoms with van der Waals surface area (Å²) in [4.78, 5) is 0. The van der Waals surface area contributed by atoms with Gasteiger partial charge in [-0.25, -0.2) is 0 Å². The van der Waals surface area contributed by atoms with Crippen molar-refractivity contribution in [3.63, 3.8) is 0 Å². The lowest BCUT2D eigenvalue weighted by Crippen LogP contribution is -2.01. The molecule has 2 aromatic carbocycles. The summed E-state index contributed by atoms with van der Waals surface area (Å²) in [5, 5.41) is 9.60. The van der Waals surface area contributed by atoms with E-state index in [1.54, 1.807) is 24.3 Å². The normalized spacial score (nSPS) is 10.5. The van der Waals surface area contributed by atoms with Crippen LogP contribution in [0.25, 0.3) is 11.1 Å². The minimum atomic E-state index is -2.83. The first kappa shape index (κ1) is 11.4. The number of ether oxygens (including phenoxy) is 1. The molecule has 0 unspecified atom stereocenters. The first-order chi connectivity index (χ1) is 8.16. The van der Waals surface area contributed by atoms with Gasteiger partial charge in [0.05, 0.1) is 0 Å². The molecule has 1 N–H and O–H groups in total. The molecule has 0 aliphatic carbocycles. The van der Waals surface area contributed by atoms with Crippen molar-refractivity contribution in [1.29, 1.82) is 0 Å². The van der Waals surface area contributed by atoms with Gasteiger partial charge in [-0.3, -0.25) is 0 Å². The first-order valence-corrected chi connectivity index (χ1v) is 4.91. The molecular weight excluding hydrogens is 226 g/mol. The van der Waals surface area contributed by atoms with Crippen LogP contribution in [0.5, 0.6) is 11.5 Å². The molecule has 0 aliphatic rings. The standard InChI is InChI=1S/C13H9F2O2/c14-13(15)17-10-7-5-9(6-8-10)11-3-1-2-4-12(11)16/h1,3-8,13,16H. The van der Waals surface area contributed by atoms with Crippen LogP contribution >= 0.6 is 0 Å². The zero-order valence-corrected chi connectivity index (χ0v) is 8.73. The van der Waals surface area contributed by atoms with Crippen LogP contribution in [-0.2, 0) is 0 Å². The number of benzene rings is 2. The average Bonchev–Trinajstić information content (AvgIpc) is 2.30. The minimum absolute atomic E-state index is 0.0886. The molecule has 87 valence electrons. The zero-order valence-electron chi connectivity index (χ0n) is 8.73. The van der Waals surface area contributed by atoms with Gasteiger partial charge in [0.1, 0.15) is 11.5 Å². The van der Waals surface area contributed by atoms with Crippen LogP contribution in [0.15, 0.2) is 42.5 Å². The number of phenolic OH excluding ortho intramolecular Hbond substituents is 1. The summed E-state index contributed by atoms with van der Waals surface area (Å²) < 4.78 is 28.1. The van der Waals surface area contributed by atoms with Gasteiger partial charge in [-0.2, -0.15) is 8.78 Å². The van der Waals surface area contributed by atoms with Gasteiger partial charge in [-0.15, -0.1) is 0 Å². The molecule has 0 saturated heterocycles. The van der Waals surface area contributed by atoms with Crippen LogP contribution in [0.4, 0.5) is 8.78 Å². The van der Waals surface area contributed by atoms with E-state index in [0.29, 0.717) is 5.56 Å². The van der Waals surface area contributed by atoms with Crippen LogP contribution in [0.3, 0.4) is 0 Å². The Bertz CT molecular complexity index is 495. The maximum atomic E-state index is 11.9. The molecule has 0 amide bonds. The fourth-order valence-electron chi connectivity index (χ4n) is 1.48. The molecule has 0 aliphatic heterocycles. The second-order valence-electron chi connectivity index (χ2n) is 3.35. The third-order valence-corrected chi connectivity index (χ3v) is 2.23. The number of alkyl halides is 2. The Morgan fingerprint density at radius 1 is 1.12 bits per heavy atom. The van der Waals surface area contributed by atoms with Crippen LogP contribution < -0.4 is 4.74 Å². The Kier molecular flexibility index (Phi) is 3.23. The highest BCUT2D eigenvalue weighted by Crippen LogP contribution is 2.29. The van der Waals surface area contributed by atoms with Gasteiger partial charge in [0.15, 0.2) is 0 Å². The Hall–Kier alpha value is -2.10. The van der Waals surface area contributed by atoms with Gasteiger partial charge in [-0.1, -0.05) is 24.3 Å². The Labute approximate surface area is 97.1 Å². The topological polar surface area (TPSA) is 29.5 Å². The molecule has 2 rings (SSSR count). The Morgan fingerprint density at radius 3 is 2.41 bits per heavy atom. The zero-order chi connectivity index (χ0) is 12.3. The Balaban J connectivity index is 2.27. The van der Waals surface area contributed by atoms with E-state index in [2.05, 4.69) is 10.8 Å². The van der Waals surface area contributed by atoms with Gasteiger partial charge in [0.25, 0.3) is 0 Å². The highest BCUT2D eigenvalue weighted by Gasteiger charge is 2.06.